The van der Waals surface area contributed by atoms with Crippen LogP contribution >= 0.6 is 0 Å². The van der Waals surface area contributed by atoms with E-state index in [1.54, 1.807) is 0 Å². The zero-order valence-corrected chi connectivity index (χ0v) is 13.7. The Hall–Kier alpha value is -1.88. The van der Waals surface area contributed by atoms with Gasteiger partial charge in [-0.15, -0.1) is 0 Å². The third-order valence-electron chi connectivity index (χ3n) is 5.07. The summed E-state index contributed by atoms with van der Waals surface area (Å²) in [5.74, 6) is 0.131. The van der Waals surface area contributed by atoms with Crippen LogP contribution in [0, 0.1) is 0 Å². The molecule has 0 aromatic heterocycles. The largest absolute Gasteiger partial charge is 0.348 e. The molecule has 5 nitrogen and oxygen atoms in total. The van der Waals surface area contributed by atoms with Crippen LogP contribution in [0.3, 0.4) is 0 Å². The zero-order chi connectivity index (χ0) is 16.4. The maximum absolute atomic E-state index is 12.4. The number of carbonyl (C=O) groups is 2. The fourth-order valence-corrected chi connectivity index (χ4v) is 3.52. The highest BCUT2D eigenvalue weighted by atomic mass is 16.2. The minimum absolute atomic E-state index is 0.0544. The molecule has 1 saturated heterocycles. The van der Waals surface area contributed by atoms with Crippen molar-refractivity contribution in [2.75, 3.05) is 11.4 Å². The highest BCUT2D eigenvalue weighted by Crippen LogP contribution is 2.28. The van der Waals surface area contributed by atoms with Gasteiger partial charge in [0.05, 0.1) is 11.6 Å². The maximum Gasteiger partial charge on any atom is 0.240 e. The second kappa shape index (κ2) is 6.32. The Labute approximate surface area is 137 Å². The number of nitrogens with two attached hydrogens (primary N) is 1. The average molecular weight is 315 g/mol. The summed E-state index contributed by atoms with van der Waals surface area (Å²) in [5, 5.41) is 3.03. The van der Waals surface area contributed by atoms with Crippen molar-refractivity contribution in [2.45, 2.75) is 57.0 Å². The van der Waals surface area contributed by atoms with E-state index in [1.807, 2.05) is 36.1 Å². The highest BCUT2D eigenvalue weighted by molar-refractivity contribution is 5.95. The van der Waals surface area contributed by atoms with Crippen molar-refractivity contribution in [2.24, 2.45) is 5.73 Å². The maximum atomic E-state index is 12.4. The Morgan fingerprint density at radius 1 is 1.22 bits per heavy atom. The summed E-state index contributed by atoms with van der Waals surface area (Å²) in [7, 11) is 0. The molecule has 1 heterocycles. The van der Waals surface area contributed by atoms with Crippen LogP contribution in [0.25, 0.3) is 0 Å². The number of anilines is 1. The molecule has 3 rings (SSSR count). The smallest absolute Gasteiger partial charge is 0.240 e. The van der Waals surface area contributed by atoms with Crippen molar-refractivity contribution in [1.82, 2.24) is 5.32 Å². The number of rotatable bonds is 4. The molecule has 1 aliphatic carbocycles. The van der Waals surface area contributed by atoms with Crippen molar-refractivity contribution < 1.29 is 9.59 Å². The Balaban J connectivity index is 1.64. The van der Waals surface area contributed by atoms with Crippen molar-refractivity contribution in [3.63, 3.8) is 0 Å². The van der Waals surface area contributed by atoms with Gasteiger partial charge in [-0.2, -0.15) is 0 Å². The van der Waals surface area contributed by atoms with Gasteiger partial charge in [0.25, 0.3) is 0 Å². The predicted octanol–water partition coefficient (Wildman–Crippen LogP) is 2.26. The molecule has 0 spiro atoms. The topological polar surface area (TPSA) is 75.4 Å². The van der Waals surface area contributed by atoms with Gasteiger partial charge in [-0.25, -0.2) is 0 Å². The Morgan fingerprint density at radius 3 is 2.43 bits per heavy atom. The number of amides is 2. The standard InChI is InChI=1S/C18H25N3O2/c1-13(20-17(23)18(19)10-2-3-11-18)14-6-8-15(9-7-14)21-12-4-5-16(21)22/h6-9,13H,2-5,10-12,19H2,1H3,(H,20,23). The molecule has 2 fully saturated rings. The van der Waals surface area contributed by atoms with E-state index in [0.717, 1.165) is 49.9 Å². The summed E-state index contributed by atoms with van der Waals surface area (Å²) in [4.78, 5) is 26.0. The first-order chi connectivity index (χ1) is 11.0. The van der Waals surface area contributed by atoms with Gasteiger partial charge in [0, 0.05) is 18.7 Å². The van der Waals surface area contributed by atoms with E-state index in [0.29, 0.717) is 6.42 Å². The SMILES string of the molecule is CC(NC(=O)C1(N)CCCC1)c1ccc(N2CCCC2=O)cc1. The third-order valence-corrected chi connectivity index (χ3v) is 5.07. The van der Waals surface area contributed by atoms with Gasteiger partial charge in [-0.1, -0.05) is 25.0 Å². The lowest BCUT2D eigenvalue weighted by molar-refractivity contribution is -0.126. The zero-order valence-electron chi connectivity index (χ0n) is 13.7. The molecule has 1 aromatic rings. The van der Waals surface area contributed by atoms with Gasteiger partial charge in [-0.05, 0) is 43.9 Å². The normalized spacial score (nSPS) is 21.5. The third kappa shape index (κ3) is 3.24. The van der Waals surface area contributed by atoms with Crippen LogP contribution in [0.2, 0.25) is 0 Å². The number of benzene rings is 1. The monoisotopic (exact) mass is 315 g/mol. The lowest BCUT2D eigenvalue weighted by atomic mass is 9.97. The molecule has 0 radical (unpaired) electrons. The van der Waals surface area contributed by atoms with Gasteiger partial charge in [0.1, 0.15) is 0 Å². The second-order valence-corrected chi connectivity index (χ2v) is 6.80. The number of nitrogens with one attached hydrogen (secondary N) is 1. The fraction of sp³-hybridized carbons (Fsp3) is 0.556. The van der Waals surface area contributed by atoms with Crippen molar-refractivity contribution in [3.05, 3.63) is 29.8 Å². The molecule has 3 N–H and O–H groups in total. The number of carbonyl (C=O) groups excluding carboxylic acids is 2. The summed E-state index contributed by atoms with van der Waals surface area (Å²) in [6.07, 6.45) is 5.13. The van der Waals surface area contributed by atoms with E-state index in [1.165, 1.54) is 0 Å². The Kier molecular flexibility index (Phi) is 4.39. The number of hydrogen-bond donors (Lipinski definition) is 2. The van der Waals surface area contributed by atoms with E-state index < -0.39 is 5.54 Å². The lowest BCUT2D eigenvalue weighted by Crippen LogP contribution is -2.52. The van der Waals surface area contributed by atoms with Crippen LogP contribution < -0.4 is 16.0 Å². The lowest BCUT2D eigenvalue weighted by Gasteiger charge is -2.25. The van der Waals surface area contributed by atoms with E-state index in [-0.39, 0.29) is 17.9 Å². The van der Waals surface area contributed by atoms with Crippen molar-refractivity contribution >= 4 is 17.5 Å². The van der Waals surface area contributed by atoms with Crippen LogP contribution in [0.4, 0.5) is 5.69 Å². The molecular formula is C18H25N3O2. The molecule has 1 unspecified atom stereocenters. The first-order valence-corrected chi connectivity index (χ1v) is 8.50. The molecule has 1 aliphatic heterocycles. The Bertz CT molecular complexity index is 591. The summed E-state index contributed by atoms with van der Waals surface area (Å²) in [6.45, 7) is 2.76. The molecule has 2 amide bonds. The molecule has 1 saturated carbocycles. The van der Waals surface area contributed by atoms with Gasteiger partial charge in [0.15, 0.2) is 0 Å². The van der Waals surface area contributed by atoms with E-state index in [4.69, 9.17) is 5.73 Å². The molecule has 1 aromatic carbocycles. The minimum Gasteiger partial charge on any atom is -0.348 e. The molecule has 5 heteroatoms. The summed E-state index contributed by atoms with van der Waals surface area (Å²) < 4.78 is 0. The Morgan fingerprint density at radius 2 is 1.87 bits per heavy atom. The molecule has 23 heavy (non-hydrogen) atoms. The van der Waals surface area contributed by atoms with Gasteiger partial charge >= 0.3 is 0 Å². The van der Waals surface area contributed by atoms with E-state index in [2.05, 4.69) is 5.32 Å². The van der Waals surface area contributed by atoms with Crippen molar-refractivity contribution in [1.29, 1.82) is 0 Å². The first kappa shape index (κ1) is 16.0. The summed E-state index contributed by atoms with van der Waals surface area (Å²) in [6, 6.07) is 7.77. The van der Waals surface area contributed by atoms with E-state index in [9.17, 15) is 9.59 Å². The molecule has 2 aliphatic rings. The van der Waals surface area contributed by atoms with Crippen LogP contribution in [0.15, 0.2) is 24.3 Å². The van der Waals surface area contributed by atoms with Crippen molar-refractivity contribution in [3.8, 4) is 0 Å². The molecule has 0 bridgehead atoms. The van der Waals surface area contributed by atoms with Crippen LogP contribution in [-0.4, -0.2) is 23.9 Å². The van der Waals surface area contributed by atoms with E-state index >= 15 is 0 Å². The van der Waals surface area contributed by atoms with Crippen LogP contribution in [0.1, 0.15) is 57.1 Å². The van der Waals surface area contributed by atoms with Crippen LogP contribution in [0.5, 0.6) is 0 Å². The number of hydrogen-bond acceptors (Lipinski definition) is 3. The average Bonchev–Trinajstić information content (AvgIpc) is 3.17. The van der Waals surface area contributed by atoms with Gasteiger partial charge in [0.2, 0.25) is 11.8 Å². The number of nitrogens with zero attached hydrogens (tertiary/aromatic N) is 1. The quantitative estimate of drug-likeness (QED) is 0.895. The molecule has 124 valence electrons. The van der Waals surface area contributed by atoms with Gasteiger partial charge in [-0.3, -0.25) is 9.59 Å². The fourth-order valence-electron chi connectivity index (χ4n) is 3.52. The van der Waals surface area contributed by atoms with Crippen LogP contribution in [-0.2, 0) is 9.59 Å². The first-order valence-electron chi connectivity index (χ1n) is 8.50. The minimum atomic E-state index is -0.698. The molecular weight excluding hydrogens is 290 g/mol. The second-order valence-electron chi connectivity index (χ2n) is 6.80. The molecule has 1 atom stereocenters. The van der Waals surface area contributed by atoms with Gasteiger partial charge < -0.3 is 16.0 Å². The highest BCUT2D eigenvalue weighted by Gasteiger charge is 2.37. The predicted molar refractivity (Wildman–Crippen MR) is 90.0 cm³/mol. The summed E-state index contributed by atoms with van der Waals surface area (Å²) >= 11 is 0. The summed E-state index contributed by atoms with van der Waals surface area (Å²) in [5.41, 5.74) is 7.45.